The van der Waals surface area contributed by atoms with Crippen LogP contribution in [0.15, 0.2) is 47.5 Å². The van der Waals surface area contributed by atoms with Gasteiger partial charge in [0.15, 0.2) is 0 Å². The van der Waals surface area contributed by atoms with Crippen LogP contribution in [0.5, 0.6) is 0 Å². The smallest absolute Gasteiger partial charge is 0.306 e. The molecular weight excluding hydrogens is 438 g/mol. The van der Waals surface area contributed by atoms with Crippen molar-refractivity contribution in [2.75, 3.05) is 32.8 Å². The van der Waals surface area contributed by atoms with Crippen molar-refractivity contribution >= 4 is 17.8 Å². The number of pyridine rings is 1. The van der Waals surface area contributed by atoms with Gasteiger partial charge in [0.05, 0.1) is 29.8 Å². The average Bonchev–Trinajstić information content (AvgIpc) is 3.18. The number of nitrogens with zero attached hydrogens (tertiary/aromatic N) is 5. The number of aryl methyl sites for hydroxylation is 1. The van der Waals surface area contributed by atoms with Crippen LogP contribution in [0.3, 0.4) is 0 Å². The molecule has 0 N–H and O–H groups in total. The zero-order valence-corrected chi connectivity index (χ0v) is 19.3. The molecule has 0 saturated carbocycles. The predicted molar refractivity (Wildman–Crippen MR) is 124 cm³/mol. The topological polar surface area (TPSA) is 107 Å². The Labute approximate surface area is 196 Å². The molecule has 10 heteroatoms. The Morgan fingerprint density at radius 3 is 2.32 bits per heavy atom. The maximum absolute atomic E-state index is 13.4. The van der Waals surface area contributed by atoms with Crippen LogP contribution in [0.2, 0.25) is 0 Å². The highest BCUT2D eigenvalue weighted by Crippen LogP contribution is 2.23. The summed E-state index contributed by atoms with van der Waals surface area (Å²) >= 11 is 0. The third-order valence-electron chi connectivity index (χ3n) is 5.80. The van der Waals surface area contributed by atoms with E-state index >= 15 is 0 Å². The number of fused-ring (bicyclic) bond motifs is 1. The van der Waals surface area contributed by atoms with Crippen molar-refractivity contribution in [3.63, 3.8) is 0 Å². The summed E-state index contributed by atoms with van der Waals surface area (Å²) in [7, 11) is 1.76. The van der Waals surface area contributed by atoms with E-state index in [1.807, 2.05) is 18.2 Å². The summed E-state index contributed by atoms with van der Waals surface area (Å²) in [5, 5.41) is 4.47. The van der Waals surface area contributed by atoms with Crippen LogP contribution in [-0.4, -0.2) is 74.7 Å². The molecule has 2 amide bonds. The van der Waals surface area contributed by atoms with E-state index in [9.17, 15) is 19.2 Å². The SMILES string of the molecule is CCOC(=O)CCC(=O)N1CCN(C(=O)c2cn(C)cc3c(=O)n(-c4ccccc4)nc2-3)CC1. The van der Waals surface area contributed by atoms with E-state index in [2.05, 4.69) is 5.10 Å². The number of hydrogen-bond donors (Lipinski definition) is 0. The van der Waals surface area contributed by atoms with Gasteiger partial charge in [-0.1, -0.05) is 18.2 Å². The number of ether oxygens (including phenoxy) is 1. The minimum absolute atomic E-state index is 0.0475. The second kappa shape index (κ2) is 9.90. The van der Waals surface area contributed by atoms with Gasteiger partial charge in [0.1, 0.15) is 5.69 Å². The van der Waals surface area contributed by atoms with Crippen molar-refractivity contribution in [3.8, 4) is 16.9 Å². The molecular formula is C24H27N5O5. The molecule has 0 bridgehead atoms. The fraction of sp³-hybridized carbons (Fsp3) is 0.375. The minimum atomic E-state index is -0.390. The highest BCUT2D eigenvalue weighted by atomic mass is 16.5. The summed E-state index contributed by atoms with van der Waals surface area (Å²) in [4.78, 5) is 53.6. The molecule has 4 rings (SSSR count). The van der Waals surface area contributed by atoms with Gasteiger partial charge in [-0.3, -0.25) is 19.2 Å². The zero-order chi connectivity index (χ0) is 24.2. The standard InChI is InChI=1S/C24H27N5O5/c1-3-34-21(31)10-9-20(30)27-11-13-28(14-12-27)23(32)18-15-26(2)16-19-22(18)25-29(24(19)33)17-7-5-4-6-8-17/h4-8,15-16H,3,9-14H2,1-2H3. The van der Waals surface area contributed by atoms with Crippen LogP contribution in [0.4, 0.5) is 0 Å². The van der Waals surface area contributed by atoms with Crippen molar-refractivity contribution in [1.29, 1.82) is 0 Å². The first-order chi connectivity index (χ1) is 16.4. The van der Waals surface area contributed by atoms with Gasteiger partial charge in [-0.2, -0.15) is 9.78 Å². The molecule has 1 saturated heterocycles. The lowest BCUT2D eigenvalue weighted by molar-refractivity contribution is -0.146. The monoisotopic (exact) mass is 465 g/mol. The first-order valence-corrected chi connectivity index (χ1v) is 11.3. The van der Waals surface area contributed by atoms with Crippen LogP contribution in [-0.2, 0) is 21.4 Å². The Hall–Kier alpha value is -3.95. The van der Waals surface area contributed by atoms with E-state index in [4.69, 9.17) is 4.74 Å². The summed E-state index contributed by atoms with van der Waals surface area (Å²) in [6.45, 7) is 3.47. The molecule has 0 unspecified atom stereocenters. The van der Waals surface area contributed by atoms with Gasteiger partial charge >= 0.3 is 5.97 Å². The van der Waals surface area contributed by atoms with Crippen molar-refractivity contribution in [1.82, 2.24) is 24.1 Å². The van der Waals surface area contributed by atoms with Gasteiger partial charge in [-0.05, 0) is 19.1 Å². The number of hydrogen-bond acceptors (Lipinski definition) is 6. The normalized spacial score (nSPS) is 13.8. The Kier molecular flexibility index (Phi) is 6.76. The summed E-state index contributed by atoms with van der Waals surface area (Å²) in [5.74, 6) is -0.762. The van der Waals surface area contributed by atoms with Gasteiger partial charge in [0.25, 0.3) is 11.5 Å². The molecule has 0 spiro atoms. The zero-order valence-electron chi connectivity index (χ0n) is 19.3. The fourth-order valence-electron chi connectivity index (χ4n) is 4.07. The Morgan fingerprint density at radius 2 is 1.65 bits per heavy atom. The van der Waals surface area contributed by atoms with E-state index in [1.165, 1.54) is 4.68 Å². The number of carbonyl (C=O) groups is 3. The Morgan fingerprint density at radius 1 is 0.971 bits per heavy atom. The van der Waals surface area contributed by atoms with Crippen LogP contribution < -0.4 is 5.56 Å². The molecule has 178 valence electrons. The number of rotatable bonds is 6. The van der Waals surface area contributed by atoms with Crippen LogP contribution >= 0.6 is 0 Å². The van der Waals surface area contributed by atoms with E-state index in [0.717, 1.165) is 0 Å². The highest BCUT2D eigenvalue weighted by Gasteiger charge is 2.30. The minimum Gasteiger partial charge on any atom is -0.466 e. The van der Waals surface area contributed by atoms with Crippen LogP contribution in [0.25, 0.3) is 16.9 Å². The number of aromatic nitrogens is 3. The summed E-state index contributed by atoms with van der Waals surface area (Å²) < 4.78 is 7.86. The van der Waals surface area contributed by atoms with Crippen molar-refractivity contribution in [3.05, 3.63) is 58.6 Å². The van der Waals surface area contributed by atoms with Gasteiger partial charge in [-0.25, -0.2) is 0 Å². The predicted octanol–water partition coefficient (Wildman–Crippen LogP) is 1.30. The van der Waals surface area contributed by atoms with Crippen molar-refractivity contribution in [2.24, 2.45) is 7.05 Å². The molecule has 34 heavy (non-hydrogen) atoms. The fourth-order valence-corrected chi connectivity index (χ4v) is 4.07. The quantitative estimate of drug-likeness (QED) is 0.508. The third kappa shape index (κ3) is 4.70. The molecule has 0 aliphatic carbocycles. The van der Waals surface area contributed by atoms with Crippen LogP contribution in [0, 0.1) is 0 Å². The maximum Gasteiger partial charge on any atom is 0.306 e. The molecule has 3 aliphatic rings. The van der Waals surface area contributed by atoms with E-state index in [-0.39, 0.29) is 36.8 Å². The summed E-state index contributed by atoms with van der Waals surface area (Å²) in [6.07, 6.45) is 3.47. The molecule has 0 radical (unpaired) electrons. The second-order valence-electron chi connectivity index (χ2n) is 8.13. The van der Waals surface area contributed by atoms with Crippen LogP contribution in [0.1, 0.15) is 30.1 Å². The largest absolute Gasteiger partial charge is 0.466 e. The molecule has 1 aromatic carbocycles. The Bertz CT molecular complexity index is 1220. The first-order valence-electron chi connectivity index (χ1n) is 11.3. The Balaban J connectivity index is 1.49. The van der Waals surface area contributed by atoms with Gasteiger partial charge in [0.2, 0.25) is 5.91 Å². The molecule has 1 aromatic rings. The molecule has 0 atom stereocenters. The molecule has 10 nitrogen and oxygen atoms in total. The van der Waals surface area contributed by atoms with Crippen molar-refractivity contribution < 1.29 is 19.1 Å². The lowest BCUT2D eigenvalue weighted by Crippen LogP contribution is -2.50. The molecule has 1 fully saturated rings. The molecule has 3 aliphatic heterocycles. The van der Waals surface area contributed by atoms with E-state index in [1.54, 1.807) is 52.9 Å². The summed E-state index contributed by atoms with van der Waals surface area (Å²) in [5.41, 5.74) is 1.40. The number of para-hydroxylation sites is 1. The number of piperazine rings is 1. The average molecular weight is 466 g/mol. The van der Waals surface area contributed by atoms with Gasteiger partial charge in [0, 0.05) is 52.0 Å². The van der Waals surface area contributed by atoms with E-state index < -0.39 is 5.97 Å². The highest BCUT2D eigenvalue weighted by molar-refractivity contribution is 6.00. The first kappa shape index (κ1) is 23.2. The second-order valence-corrected chi connectivity index (χ2v) is 8.13. The number of carbonyl (C=O) groups excluding carboxylic acids is 3. The third-order valence-corrected chi connectivity index (χ3v) is 5.80. The number of amides is 2. The van der Waals surface area contributed by atoms with Crippen molar-refractivity contribution in [2.45, 2.75) is 19.8 Å². The molecule has 3 heterocycles. The van der Waals surface area contributed by atoms with E-state index in [0.29, 0.717) is 48.7 Å². The lowest BCUT2D eigenvalue weighted by Gasteiger charge is -2.35. The maximum atomic E-state index is 13.4. The summed E-state index contributed by atoms with van der Waals surface area (Å²) in [6, 6.07) is 9.06. The van der Waals surface area contributed by atoms with Gasteiger partial charge in [-0.15, -0.1) is 0 Å². The molecule has 0 aromatic heterocycles. The lowest BCUT2D eigenvalue weighted by atomic mass is 10.1. The number of benzene rings is 1. The van der Waals surface area contributed by atoms with Gasteiger partial charge < -0.3 is 19.1 Å². The number of esters is 1.